The first kappa shape index (κ1) is 8.27. The zero-order valence-electron chi connectivity index (χ0n) is 7.10. The molecule has 0 amide bonds. The Morgan fingerprint density at radius 3 is 2.55 bits per heavy atom. The Morgan fingerprint density at radius 1 is 1.55 bits per heavy atom. The smallest absolute Gasteiger partial charge is 0.174 e. The molecule has 3 heteroatoms. The standard InChI is InChI=1S/C8H13N2O/c1-8(2,3)7-6(4-11)9-5-10-7/h11H,4H2,1-3H3,(H,9,10). The van der Waals surface area contributed by atoms with Gasteiger partial charge in [0, 0.05) is 5.41 Å². The second-order valence-corrected chi connectivity index (χ2v) is 3.58. The number of aromatic nitrogens is 2. The molecule has 0 aliphatic rings. The quantitative estimate of drug-likeness (QED) is 0.632. The van der Waals surface area contributed by atoms with Gasteiger partial charge in [-0.1, -0.05) is 20.8 Å². The fourth-order valence-corrected chi connectivity index (χ4v) is 1.01. The molecule has 1 heterocycles. The molecule has 0 aromatic carbocycles. The van der Waals surface area contributed by atoms with Gasteiger partial charge in [-0.3, -0.25) is 0 Å². The van der Waals surface area contributed by atoms with Gasteiger partial charge in [-0.05, 0) is 0 Å². The molecule has 0 spiro atoms. The van der Waals surface area contributed by atoms with Crippen molar-refractivity contribution < 1.29 is 5.11 Å². The van der Waals surface area contributed by atoms with E-state index >= 15 is 0 Å². The number of hydrogen-bond acceptors (Lipinski definition) is 2. The van der Waals surface area contributed by atoms with Gasteiger partial charge >= 0.3 is 0 Å². The second kappa shape index (κ2) is 2.66. The van der Waals surface area contributed by atoms with Crippen molar-refractivity contribution in [3.05, 3.63) is 17.7 Å². The summed E-state index contributed by atoms with van der Waals surface area (Å²) < 4.78 is 0. The summed E-state index contributed by atoms with van der Waals surface area (Å²) in [5.41, 5.74) is 1.63. The average Bonchev–Trinajstić information content (AvgIpc) is 2.31. The summed E-state index contributed by atoms with van der Waals surface area (Å²) in [5, 5.41) is 8.88. The van der Waals surface area contributed by atoms with Crippen molar-refractivity contribution in [2.24, 2.45) is 0 Å². The molecular formula is C8H13N2O. The average molecular weight is 153 g/mol. The van der Waals surface area contributed by atoms with Crippen LogP contribution >= 0.6 is 0 Å². The zero-order valence-corrected chi connectivity index (χ0v) is 7.10. The maximum Gasteiger partial charge on any atom is 0.174 e. The predicted molar refractivity (Wildman–Crippen MR) is 42.0 cm³/mol. The predicted octanol–water partition coefficient (Wildman–Crippen LogP) is 1.000. The van der Waals surface area contributed by atoms with E-state index in [1.165, 1.54) is 0 Å². The van der Waals surface area contributed by atoms with Crippen LogP contribution in [0.15, 0.2) is 0 Å². The minimum absolute atomic E-state index is 0.00308. The second-order valence-electron chi connectivity index (χ2n) is 3.58. The molecule has 1 aromatic rings. The molecule has 1 radical (unpaired) electrons. The summed E-state index contributed by atoms with van der Waals surface area (Å²) in [7, 11) is 0. The molecule has 11 heavy (non-hydrogen) atoms. The molecule has 0 aliphatic heterocycles. The zero-order chi connectivity index (χ0) is 8.48. The van der Waals surface area contributed by atoms with Crippen molar-refractivity contribution in [1.29, 1.82) is 0 Å². The fourth-order valence-electron chi connectivity index (χ4n) is 1.01. The van der Waals surface area contributed by atoms with Crippen molar-refractivity contribution in [2.75, 3.05) is 0 Å². The molecule has 0 aliphatic carbocycles. The monoisotopic (exact) mass is 153 g/mol. The Hall–Kier alpha value is -0.830. The number of aromatic amines is 1. The van der Waals surface area contributed by atoms with Gasteiger partial charge in [-0.15, -0.1) is 0 Å². The number of nitrogens with one attached hydrogen (secondary N) is 1. The van der Waals surface area contributed by atoms with Crippen LogP contribution in [0.4, 0.5) is 0 Å². The van der Waals surface area contributed by atoms with Crippen molar-refractivity contribution >= 4 is 0 Å². The lowest BCUT2D eigenvalue weighted by molar-refractivity contribution is 0.274. The van der Waals surface area contributed by atoms with Crippen LogP contribution in [0.5, 0.6) is 0 Å². The first-order valence-corrected chi connectivity index (χ1v) is 3.62. The highest BCUT2D eigenvalue weighted by molar-refractivity contribution is 5.18. The van der Waals surface area contributed by atoms with Crippen LogP contribution in [0.2, 0.25) is 0 Å². The lowest BCUT2D eigenvalue weighted by Gasteiger charge is -2.16. The third-order valence-corrected chi connectivity index (χ3v) is 1.53. The molecule has 0 bridgehead atoms. The third-order valence-electron chi connectivity index (χ3n) is 1.53. The third kappa shape index (κ3) is 1.60. The maximum atomic E-state index is 8.88. The van der Waals surface area contributed by atoms with Crippen LogP contribution in [0, 0.1) is 6.33 Å². The van der Waals surface area contributed by atoms with Crippen LogP contribution in [0.1, 0.15) is 32.2 Å². The van der Waals surface area contributed by atoms with E-state index in [0.29, 0.717) is 0 Å². The molecule has 0 fully saturated rings. The summed E-state index contributed by atoms with van der Waals surface area (Å²) in [6, 6.07) is 0. The van der Waals surface area contributed by atoms with E-state index in [1.54, 1.807) is 0 Å². The topological polar surface area (TPSA) is 48.9 Å². The molecule has 1 aromatic heterocycles. The fraction of sp³-hybridized carbons (Fsp3) is 0.625. The van der Waals surface area contributed by atoms with E-state index in [1.807, 2.05) is 0 Å². The normalized spacial score (nSPS) is 12.0. The van der Waals surface area contributed by atoms with Gasteiger partial charge in [0.1, 0.15) is 0 Å². The van der Waals surface area contributed by atoms with Gasteiger partial charge in [0.2, 0.25) is 0 Å². The van der Waals surface area contributed by atoms with Gasteiger partial charge in [0.05, 0.1) is 18.0 Å². The minimum Gasteiger partial charge on any atom is -0.390 e. The Kier molecular flexibility index (Phi) is 2.00. The Morgan fingerprint density at radius 2 is 2.18 bits per heavy atom. The van der Waals surface area contributed by atoms with E-state index in [9.17, 15) is 0 Å². The number of rotatable bonds is 1. The molecule has 0 saturated heterocycles. The van der Waals surface area contributed by atoms with Gasteiger partial charge < -0.3 is 10.1 Å². The van der Waals surface area contributed by atoms with E-state index in [4.69, 9.17) is 5.11 Å². The number of nitrogens with zero attached hydrogens (tertiary/aromatic N) is 1. The lowest BCUT2D eigenvalue weighted by Crippen LogP contribution is -2.14. The van der Waals surface area contributed by atoms with E-state index in [2.05, 4.69) is 37.1 Å². The summed E-state index contributed by atoms with van der Waals surface area (Å²) in [6.07, 6.45) is 2.62. The van der Waals surface area contributed by atoms with E-state index < -0.39 is 0 Å². The minimum atomic E-state index is -0.0193. The number of aliphatic hydroxyl groups is 1. The molecule has 0 unspecified atom stereocenters. The molecular weight excluding hydrogens is 140 g/mol. The number of H-pyrrole nitrogens is 1. The molecule has 3 nitrogen and oxygen atoms in total. The van der Waals surface area contributed by atoms with Crippen LogP contribution in [0.3, 0.4) is 0 Å². The highest BCUT2D eigenvalue weighted by atomic mass is 16.3. The molecule has 1 rings (SSSR count). The van der Waals surface area contributed by atoms with Crippen molar-refractivity contribution in [3.8, 4) is 0 Å². The summed E-state index contributed by atoms with van der Waals surface area (Å²) in [4.78, 5) is 6.79. The largest absolute Gasteiger partial charge is 0.390 e. The molecule has 0 atom stereocenters. The lowest BCUT2D eigenvalue weighted by atomic mass is 9.91. The van der Waals surface area contributed by atoms with E-state index in [-0.39, 0.29) is 12.0 Å². The number of aliphatic hydroxyl groups excluding tert-OH is 1. The van der Waals surface area contributed by atoms with Crippen LogP contribution in [-0.2, 0) is 12.0 Å². The SMILES string of the molecule is CC(C)(C)c1n[c][nH]c1CO. The number of hydrogen-bond donors (Lipinski definition) is 2. The summed E-state index contributed by atoms with van der Waals surface area (Å²) in [5.74, 6) is 0. The highest BCUT2D eigenvalue weighted by Crippen LogP contribution is 2.22. The Bertz CT molecular complexity index is 234. The number of imidazole rings is 1. The first-order chi connectivity index (χ1) is 5.05. The molecule has 0 saturated carbocycles. The van der Waals surface area contributed by atoms with Crippen molar-refractivity contribution in [2.45, 2.75) is 32.8 Å². The van der Waals surface area contributed by atoms with Gasteiger partial charge in [-0.25, -0.2) is 4.98 Å². The first-order valence-electron chi connectivity index (χ1n) is 3.62. The summed E-state index contributed by atoms with van der Waals surface area (Å²) in [6.45, 7) is 6.16. The summed E-state index contributed by atoms with van der Waals surface area (Å²) >= 11 is 0. The van der Waals surface area contributed by atoms with E-state index in [0.717, 1.165) is 11.4 Å². The van der Waals surface area contributed by atoms with Crippen LogP contribution in [-0.4, -0.2) is 15.1 Å². The van der Waals surface area contributed by atoms with Crippen molar-refractivity contribution in [1.82, 2.24) is 9.97 Å². The Balaban J connectivity index is 3.02. The van der Waals surface area contributed by atoms with Gasteiger partial charge in [0.15, 0.2) is 6.33 Å². The van der Waals surface area contributed by atoms with Crippen molar-refractivity contribution in [3.63, 3.8) is 0 Å². The van der Waals surface area contributed by atoms with Gasteiger partial charge in [-0.2, -0.15) is 0 Å². The maximum absolute atomic E-state index is 8.88. The van der Waals surface area contributed by atoms with Crippen LogP contribution in [0.25, 0.3) is 0 Å². The van der Waals surface area contributed by atoms with Gasteiger partial charge in [0.25, 0.3) is 0 Å². The Labute approximate surface area is 66.5 Å². The highest BCUT2D eigenvalue weighted by Gasteiger charge is 2.19. The van der Waals surface area contributed by atoms with Crippen LogP contribution < -0.4 is 0 Å². The molecule has 61 valence electrons. The molecule has 2 N–H and O–H groups in total.